The van der Waals surface area contributed by atoms with Gasteiger partial charge in [0.15, 0.2) is 0 Å². The van der Waals surface area contributed by atoms with E-state index in [2.05, 4.69) is 10.2 Å². The average molecular weight is 152 g/mol. The summed E-state index contributed by atoms with van der Waals surface area (Å²) in [7, 11) is 1.53. The smallest absolute Gasteiger partial charge is 0.137 e. The van der Waals surface area contributed by atoms with E-state index in [9.17, 15) is 0 Å². The summed E-state index contributed by atoms with van der Waals surface area (Å²) >= 11 is 0. The Morgan fingerprint density at radius 1 is 1.82 bits per heavy atom. The molecule has 0 aliphatic rings. The molecule has 5 nitrogen and oxygen atoms in total. The molecule has 0 unspecified atom stereocenters. The molecule has 0 bridgehead atoms. The van der Waals surface area contributed by atoms with Gasteiger partial charge in [0.25, 0.3) is 0 Å². The number of ether oxygens (including phenoxy) is 1. The van der Waals surface area contributed by atoms with Crippen molar-refractivity contribution in [3.05, 3.63) is 11.3 Å². The fourth-order valence-electron chi connectivity index (χ4n) is 0.761. The number of aromatic nitrogens is 2. The Hall–Kier alpha value is -1.54. The summed E-state index contributed by atoms with van der Waals surface area (Å²) in [4.78, 5) is 0. The molecule has 1 heterocycles. The molecule has 1 aromatic heterocycles. The van der Waals surface area contributed by atoms with Gasteiger partial charge >= 0.3 is 0 Å². The minimum absolute atomic E-state index is 0.291. The number of nitriles is 1. The van der Waals surface area contributed by atoms with Gasteiger partial charge in [-0.2, -0.15) is 10.4 Å². The zero-order valence-electron chi connectivity index (χ0n) is 6.09. The van der Waals surface area contributed by atoms with Crippen LogP contribution in [0.3, 0.4) is 0 Å². The van der Waals surface area contributed by atoms with E-state index in [0.29, 0.717) is 23.7 Å². The third kappa shape index (κ3) is 1.30. The second-order valence-electron chi connectivity index (χ2n) is 2.00. The van der Waals surface area contributed by atoms with E-state index in [1.807, 2.05) is 6.07 Å². The molecule has 0 aromatic carbocycles. The van der Waals surface area contributed by atoms with Crippen molar-refractivity contribution in [1.29, 1.82) is 5.26 Å². The van der Waals surface area contributed by atoms with Crippen LogP contribution in [-0.2, 0) is 11.3 Å². The highest BCUT2D eigenvalue weighted by atomic mass is 16.5. The summed E-state index contributed by atoms with van der Waals surface area (Å²) < 4.78 is 4.79. The summed E-state index contributed by atoms with van der Waals surface area (Å²) in [5.41, 5.74) is 6.30. The second kappa shape index (κ2) is 3.03. The highest BCUT2D eigenvalue weighted by Gasteiger charge is 2.08. The molecule has 0 radical (unpaired) electrons. The minimum Gasteiger partial charge on any atom is -0.383 e. The van der Waals surface area contributed by atoms with Gasteiger partial charge in [-0.15, -0.1) is 0 Å². The van der Waals surface area contributed by atoms with Gasteiger partial charge in [-0.05, 0) is 0 Å². The number of rotatable bonds is 2. The molecule has 1 aromatic rings. The van der Waals surface area contributed by atoms with E-state index in [4.69, 9.17) is 15.7 Å². The molecule has 0 saturated carbocycles. The Bertz CT molecular complexity index is 285. The molecule has 0 aliphatic carbocycles. The Kier molecular flexibility index (Phi) is 2.09. The predicted octanol–water partition coefficient (Wildman–Crippen LogP) is 0.00998. The van der Waals surface area contributed by atoms with E-state index < -0.39 is 0 Å². The summed E-state index contributed by atoms with van der Waals surface area (Å²) in [6.45, 7) is 0.302. The van der Waals surface area contributed by atoms with Crippen LogP contribution in [-0.4, -0.2) is 17.3 Å². The van der Waals surface area contributed by atoms with Crippen LogP contribution in [0, 0.1) is 11.3 Å². The fraction of sp³-hybridized carbons (Fsp3) is 0.333. The van der Waals surface area contributed by atoms with E-state index in [1.54, 1.807) is 0 Å². The zero-order chi connectivity index (χ0) is 8.27. The van der Waals surface area contributed by atoms with E-state index >= 15 is 0 Å². The number of nitrogens with one attached hydrogen (secondary N) is 1. The van der Waals surface area contributed by atoms with Gasteiger partial charge in [-0.25, -0.2) is 0 Å². The Labute approximate surface area is 63.8 Å². The van der Waals surface area contributed by atoms with Crippen LogP contribution >= 0.6 is 0 Å². The maximum Gasteiger partial charge on any atom is 0.137 e. The van der Waals surface area contributed by atoms with Crippen molar-refractivity contribution in [2.75, 3.05) is 12.8 Å². The number of anilines is 1. The van der Waals surface area contributed by atoms with Gasteiger partial charge in [0.05, 0.1) is 6.61 Å². The lowest BCUT2D eigenvalue weighted by molar-refractivity contribution is 0.181. The van der Waals surface area contributed by atoms with Crippen LogP contribution < -0.4 is 5.73 Å². The van der Waals surface area contributed by atoms with Crippen LogP contribution in [0.5, 0.6) is 0 Å². The quantitative estimate of drug-likeness (QED) is 0.624. The summed E-state index contributed by atoms with van der Waals surface area (Å²) in [5, 5.41) is 14.8. The number of nitrogens with two attached hydrogens (primary N) is 1. The standard InChI is InChI=1S/C6H8N4O/c1-11-3-5-4(2-7)6(8)10-9-5/h3H2,1H3,(H3,8,9,10). The van der Waals surface area contributed by atoms with Crippen molar-refractivity contribution >= 4 is 5.82 Å². The Morgan fingerprint density at radius 3 is 3.09 bits per heavy atom. The van der Waals surface area contributed by atoms with Gasteiger partial charge in [-0.3, -0.25) is 5.10 Å². The van der Waals surface area contributed by atoms with Crippen LogP contribution in [0.2, 0.25) is 0 Å². The van der Waals surface area contributed by atoms with Crippen molar-refractivity contribution in [2.24, 2.45) is 0 Å². The monoisotopic (exact) mass is 152 g/mol. The first-order valence-corrected chi connectivity index (χ1v) is 3.01. The molecular formula is C6H8N4O. The highest BCUT2D eigenvalue weighted by Crippen LogP contribution is 2.11. The van der Waals surface area contributed by atoms with Gasteiger partial charge in [0.1, 0.15) is 23.1 Å². The van der Waals surface area contributed by atoms with Crippen LogP contribution in [0.4, 0.5) is 5.82 Å². The highest BCUT2D eigenvalue weighted by molar-refractivity contribution is 5.50. The number of hydrogen-bond donors (Lipinski definition) is 2. The molecule has 0 saturated heterocycles. The second-order valence-corrected chi connectivity index (χ2v) is 2.00. The lowest BCUT2D eigenvalue weighted by Gasteiger charge is -1.91. The molecular weight excluding hydrogens is 144 g/mol. The molecule has 0 fully saturated rings. The molecule has 3 N–H and O–H groups in total. The third-order valence-corrected chi connectivity index (χ3v) is 1.26. The van der Waals surface area contributed by atoms with Crippen molar-refractivity contribution < 1.29 is 4.74 Å². The van der Waals surface area contributed by atoms with Crippen molar-refractivity contribution in [2.45, 2.75) is 6.61 Å². The predicted molar refractivity (Wildman–Crippen MR) is 38.4 cm³/mol. The Balaban J connectivity index is 2.98. The number of methoxy groups -OCH3 is 1. The third-order valence-electron chi connectivity index (χ3n) is 1.26. The van der Waals surface area contributed by atoms with Crippen molar-refractivity contribution in [3.8, 4) is 6.07 Å². The molecule has 0 spiro atoms. The maximum absolute atomic E-state index is 8.57. The SMILES string of the molecule is COCc1n[nH]c(N)c1C#N. The number of nitrogens with zero attached hydrogens (tertiary/aromatic N) is 2. The molecule has 0 atom stereocenters. The normalized spacial score (nSPS) is 9.45. The summed E-state index contributed by atoms with van der Waals surface area (Å²) in [6, 6.07) is 1.93. The zero-order valence-corrected chi connectivity index (χ0v) is 6.09. The summed E-state index contributed by atoms with van der Waals surface area (Å²) in [5.74, 6) is 0.291. The van der Waals surface area contributed by atoms with E-state index in [1.165, 1.54) is 7.11 Å². The maximum atomic E-state index is 8.57. The largest absolute Gasteiger partial charge is 0.383 e. The van der Waals surface area contributed by atoms with Crippen LogP contribution in [0.15, 0.2) is 0 Å². The number of aromatic amines is 1. The average Bonchev–Trinajstić information content (AvgIpc) is 2.33. The van der Waals surface area contributed by atoms with Gasteiger partial charge in [0.2, 0.25) is 0 Å². The van der Waals surface area contributed by atoms with E-state index in [0.717, 1.165) is 0 Å². The molecule has 0 amide bonds. The lowest BCUT2D eigenvalue weighted by Crippen LogP contribution is -1.92. The Morgan fingerprint density at radius 2 is 2.55 bits per heavy atom. The van der Waals surface area contributed by atoms with Gasteiger partial charge in [-0.1, -0.05) is 0 Å². The number of H-pyrrole nitrogens is 1. The molecule has 58 valence electrons. The minimum atomic E-state index is 0.291. The molecule has 0 aliphatic heterocycles. The van der Waals surface area contributed by atoms with Gasteiger partial charge in [0, 0.05) is 7.11 Å². The molecule has 5 heteroatoms. The summed E-state index contributed by atoms with van der Waals surface area (Å²) in [6.07, 6.45) is 0. The number of nitrogen functional groups attached to an aromatic ring is 1. The van der Waals surface area contributed by atoms with Crippen molar-refractivity contribution in [3.63, 3.8) is 0 Å². The van der Waals surface area contributed by atoms with E-state index in [-0.39, 0.29) is 0 Å². The first-order valence-electron chi connectivity index (χ1n) is 3.01. The molecule has 1 rings (SSSR count). The van der Waals surface area contributed by atoms with Gasteiger partial charge < -0.3 is 10.5 Å². The first-order chi connectivity index (χ1) is 5.29. The first kappa shape index (κ1) is 7.57. The lowest BCUT2D eigenvalue weighted by atomic mass is 10.2. The van der Waals surface area contributed by atoms with Crippen LogP contribution in [0.1, 0.15) is 11.3 Å². The number of hydrogen-bond acceptors (Lipinski definition) is 4. The topological polar surface area (TPSA) is 87.7 Å². The van der Waals surface area contributed by atoms with Crippen LogP contribution in [0.25, 0.3) is 0 Å². The molecule has 11 heavy (non-hydrogen) atoms. The fourth-order valence-corrected chi connectivity index (χ4v) is 0.761. The van der Waals surface area contributed by atoms with Crippen molar-refractivity contribution in [1.82, 2.24) is 10.2 Å².